The minimum atomic E-state index is 0.715. The summed E-state index contributed by atoms with van der Waals surface area (Å²) in [6.45, 7) is 0. The van der Waals surface area contributed by atoms with Crippen LogP contribution in [-0.4, -0.2) is 5.11 Å². The van der Waals surface area contributed by atoms with E-state index in [2.05, 4.69) is 6.08 Å². The van der Waals surface area contributed by atoms with Crippen molar-refractivity contribution in [1.29, 1.82) is 0 Å². The lowest BCUT2D eigenvalue weighted by atomic mass is 9.93. The van der Waals surface area contributed by atoms with E-state index in [1.165, 1.54) is 88.2 Å². The second kappa shape index (κ2) is 8.45. The van der Waals surface area contributed by atoms with Crippen LogP contribution in [0.4, 0.5) is 0 Å². The second-order valence-corrected chi connectivity index (χ2v) is 6.23. The van der Waals surface area contributed by atoms with Gasteiger partial charge in [0.15, 0.2) is 0 Å². The zero-order chi connectivity index (χ0) is 13.3. The first-order chi connectivity index (χ1) is 9.38. The smallest absolute Gasteiger partial charge is 0.0957 e. The molecule has 2 rings (SSSR count). The van der Waals surface area contributed by atoms with Gasteiger partial charge in [-0.2, -0.15) is 0 Å². The minimum Gasteiger partial charge on any atom is -0.512 e. The van der Waals surface area contributed by atoms with Gasteiger partial charge in [0.2, 0.25) is 0 Å². The minimum absolute atomic E-state index is 0.715. The van der Waals surface area contributed by atoms with E-state index in [4.69, 9.17) is 0 Å². The zero-order valence-electron chi connectivity index (χ0n) is 12.4. The van der Waals surface area contributed by atoms with Crippen molar-refractivity contribution in [2.24, 2.45) is 0 Å². The van der Waals surface area contributed by atoms with Gasteiger partial charge in [0.25, 0.3) is 0 Å². The predicted octanol–water partition coefficient (Wildman–Crippen LogP) is 6.21. The molecule has 0 atom stereocenters. The van der Waals surface area contributed by atoms with E-state index in [0.717, 1.165) is 12.8 Å². The fraction of sp³-hybridized carbons (Fsp3) is 0.778. The summed E-state index contributed by atoms with van der Waals surface area (Å²) in [6, 6.07) is 0. The first-order valence-electron chi connectivity index (χ1n) is 8.48. The summed E-state index contributed by atoms with van der Waals surface area (Å²) in [5.41, 5.74) is 2.81. The maximum atomic E-state index is 10.4. The fourth-order valence-electron chi connectivity index (χ4n) is 3.41. The van der Waals surface area contributed by atoms with Crippen molar-refractivity contribution in [3.63, 3.8) is 0 Å². The largest absolute Gasteiger partial charge is 0.512 e. The normalized spacial score (nSPS) is 24.3. The lowest BCUT2D eigenvalue weighted by Gasteiger charge is -2.14. The average Bonchev–Trinajstić information content (AvgIpc) is 2.60. The van der Waals surface area contributed by atoms with Crippen LogP contribution in [0.25, 0.3) is 0 Å². The van der Waals surface area contributed by atoms with Crippen molar-refractivity contribution in [3.8, 4) is 0 Å². The lowest BCUT2D eigenvalue weighted by molar-refractivity contribution is 0.374. The van der Waals surface area contributed by atoms with Crippen LogP contribution in [0, 0.1) is 0 Å². The molecule has 0 unspecified atom stereocenters. The predicted molar refractivity (Wildman–Crippen MR) is 82.4 cm³/mol. The molecule has 2 aliphatic carbocycles. The highest BCUT2D eigenvalue weighted by Gasteiger charge is 2.13. The molecule has 1 heteroatoms. The first-order valence-corrected chi connectivity index (χ1v) is 8.48. The molecule has 1 nitrogen and oxygen atoms in total. The molecule has 0 amide bonds. The molecule has 0 spiro atoms. The van der Waals surface area contributed by atoms with Gasteiger partial charge >= 0.3 is 0 Å². The fourth-order valence-corrected chi connectivity index (χ4v) is 3.41. The highest BCUT2D eigenvalue weighted by molar-refractivity contribution is 5.33. The van der Waals surface area contributed by atoms with Gasteiger partial charge in [0.1, 0.15) is 0 Å². The van der Waals surface area contributed by atoms with Crippen LogP contribution in [0.1, 0.15) is 89.9 Å². The SMILES string of the molecule is OC1=C(C2=CCCCCCCC2)CCCCCCC1. The van der Waals surface area contributed by atoms with E-state index in [0.29, 0.717) is 5.76 Å². The number of allylic oxidation sites excluding steroid dienone is 4. The van der Waals surface area contributed by atoms with E-state index < -0.39 is 0 Å². The Morgan fingerprint density at radius 3 is 2.00 bits per heavy atom. The van der Waals surface area contributed by atoms with Crippen molar-refractivity contribution in [1.82, 2.24) is 0 Å². The van der Waals surface area contributed by atoms with Gasteiger partial charge in [-0.1, -0.05) is 44.6 Å². The summed E-state index contributed by atoms with van der Waals surface area (Å²) in [6.07, 6.45) is 20.1. The highest BCUT2D eigenvalue weighted by atomic mass is 16.3. The number of aliphatic hydroxyl groups is 1. The average molecular weight is 262 g/mol. The number of hydrogen-bond donors (Lipinski definition) is 1. The Morgan fingerprint density at radius 2 is 1.21 bits per heavy atom. The van der Waals surface area contributed by atoms with Crippen LogP contribution in [0.2, 0.25) is 0 Å². The molecule has 0 aromatic carbocycles. The van der Waals surface area contributed by atoms with Crippen molar-refractivity contribution in [3.05, 3.63) is 23.0 Å². The van der Waals surface area contributed by atoms with E-state index in [1.54, 1.807) is 0 Å². The van der Waals surface area contributed by atoms with Crippen molar-refractivity contribution in [2.45, 2.75) is 89.9 Å². The van der Waals surface area contributed by atoms with E-state index >= 15 is 0 Å². The molecule has 108 valence electrons. The molecule has 0 radical (unpaired) electrons. The Hall–Kier alpha value is -0.720. The molecule has 0 fully saturated rings. The van der Waals surface area contributed by atoms with E-state index in [1.807, 2.05) is 0 Å². The quantitative estimate of drug-likeness (QED) is 0.595. The number of hydrogen-bond acceptors (Lipinski definition) is 1. The number of rotatable bonds is 1. The third-order valence-electron chi connectivity index (χ3n) is 4.62. The molecule has 2 aliphatic rings. The van der Waals surface area contributed by atoms with Crippen molar-refractivity contribution >= 4 is 0 Å². The molecule has 1 N–H and O–H groups in total. The topological polar surface area (TPSA) is 20.2 Å². The summed E-state index contributed by atoms with van der Waals surface area (Å²) in [5, 5.41) is 10.4. The Balaban J connectivity index is 2.10. The van der Waals surface area contributed by atoms with Gasteiger partial charge < -0.3 is 5.11 Å². The van der Waals surface area contributed by atoms with E-state index in [9.17, 15) is 5.11 Å². The summed E-state index contributed by atoms with van der Waals surface area (Å²) >= 11 is 0. The molecule has 0 bridgehead atoms. The van der Waals surface area contributed by atoms with Gasteiger partial charge in [-0.25, -0.2) is 0 Å². The Kier molecular flexibility index (Phi) is 6.53. The Morgan fingerprint density at radius 1 is 0.632 bits per heavy atom. The summed E-state index contributed by atoms with van der Waals surface area (Å²) in [7, 11) is 0. The van der Waals surface area contributed by atoms with Crippen LogP contribution in [0.15, 0.2) is 23.0 Å². The summed E-state index contributed by atoms with van der Waals surface area (Å²) < 4.78 is 0. The molecule has 0 aromatic heterocycles. The zero-order valence-corrected chi connectivity index (χ0v) is 12.4. The molecule has 0 heterocycles. The highest BCUT2D eigenvalue weighted by Crippen LogP contribution is 2.30. The van der Waals surface area contributed by atoms with Gasteiger partial charge in [0, 0.05) is 6.42 Å². The molecule has 0 aromatic rings. The van der Waals surface area contributed by atoms with Crippen molar-refractivity contribution < 1.29 is 5.11 Å². The molecule has 19 heavy (non-hydrogen) atoms. The van der Waals surface area contributed by atoms with E-state index in [-0.39, 0.29) is 0 Å². The maximum absolute atomic E-state index is 10.4. The standard InChI is InChI=1S/C18H30O/c19-18-15-11-7-3-6-10-14-17(18)16-12-8-4-1-2-5-9-13-16/h12,19H,1-11,13-15H2. The van der Waals surface area contributed by atoms with Crippen LogP contribution >= 0.6 is 0 Å². The molecule has 0 aliphatic heterocycles. The van der Waals surface area contributed by atoms with Gasteiger partial charge in [0.05, 0.1) is 5.76 Å². The van der Waals surface area contributed by atoms with Crippen molar-refractivity contribution in [2.75, 3.05) is 0 Å². The summed E-state index contributed by atoms with van der Waals surface area (Å²) in [4.78, 5) is 0. The number of aliphatic hydroxyl groups excluding tert-OH is 1. The second-order valence-electron chi connectivity index (χ2n) is 6.23. The van der Waals surface area contributed by atoms with Crippen LogP contribution < -0.4 is 0 Å². The van der Waals surface area contributed by atoms with Crippen LogP contribution in [0.5, 0.6) is 0 Å². The Bertz CT molecular complexity index is 325. The van der Waals surface area contributed by atoms with Gasteiger partial charge in [-0.3, -0.25) is 0 Å². The molecular formula is C18H30O. The van der Waals surface area contributed by atoms with Gasteiger partial charge in [-0.15, -0.1) is 0 Å². The molecule has 0 saturated carbocycles. The maximum Gasteiger partial charge on any atom is 0.0957 e. The lowest BCUT2D eigenvalue weighted by Crippen LogP contribution is -1.97. The first kappa shape index (κ1) is 14.7. The van der Waals surface area contributed by atoms with Crippen LogP contribution in [-0.2, 0) is 0 Å². The summed E-state index contributed by atoms with van der Waals surface area (Å²) in [5.74, 6) is 0.715. The molecule has 0 saturated heterocycles. The third kappa shape index (κ3) is 5.04. The van der Waals surface area contributed by atoms with Gasteiger partial charge in [-0.05, 0) is 56.1 Å². The molecular weight excluding hydrogens is 232 g/mol. The Labute approximate surface area is 118 Å². The van der Waals surface area contributed by atoms with Crippen LogP contribution in [0.3, 0.4) is 0 Å². The third-order valence-corrected chi connectivity index (χ3v) is 4.62. The monoisotopic (exact) mass is 262 g/mol.